The van der Waals surface area contributed by atoms with Crippen LogP contribution in [-0.4, -0.2) is 40.8 Å². The van der Waals surface area contributed by atoms with Crippen LogP contribution in [0, 0.1) is 5.82 Å². The predicted octanol–water partition coefficient (Wildman–Crippen LogP) is 2.84. The minimum atomic E-state index is -0.481. The molecule has 0 bridgehead atoms. The molecule has 1 aromatic carbocycles. The molecule has 1 fully saturated rings. The van der Waals surface area contributed by atoms with Crippen LogP contribution in [0.25, 0.3) is 0 Å². The number of carbonyl (C=O) groups is 2. The molecule has 2 heterocycles. The van der Waals surface area contributed by atoms with E-state index in [1.807, 2.05) is 0 Å². The fourth-order valence-corrected chi connectivity index (χ4v) is 3.27. The molecule has 0 radical (unpaired) electrons. The van der Waals surface area contributed by atoms with Crippen LogP contribution in [0.1, 0.15) is 28.8 Å². The van der Waals surface area contributed by atoms with Crippen LogP contribution in [0.2, 0.25) is 5.02 Å². The van der Waals surface area contributed by atoms with Crippen molar-refractivity contribution in [3.63, 3.8) is 0 Å². The van der Waals surface area contributed by atoms with Crippen LogP contribution in [0.3, 0.4) is 0 Å². The van der Waals surface area contributed by atoms with Gasteiger partial charge in [0, 0.05) is 47.7 Å². The largest absolute Gasteiger partial charge is 0.353 e. The van der Waals surface area contributed by atoms with Crippen LogP contribution < -0.4 is 5.32 Å². The van der Waals surface area contributed by atoms with Crippen molar-refractivity contribution in [3.05, 3.63) is 64.7 Å². The van der Waals surface area contributed by atoms with Crippen LogP contribution in [-0.2, 0) is 11.2 Å². The number of piperidine rings is 1. The number of likely N-dealkylation sites (tertiary alicyclic amines) is 1. The van der Waals surface area contributed by atoms with Crippen molar-refractivity contribution in [2.24, 2.45) is 0 Å². The zero-order valence-electron chi connectivity index (χ0n) is 14.1. The predicted molar refractivity (Wildman–Crippen MR) is 96.4 cm³/mol. The standard InChI is InChI=1S/C19H19ClFN3O2/c20-16-2-1-3-17(21)15(16)12-18(25)23-14-6-10-24(11-7-14)19(26)13-4-8-22-9-5-13/h1-5,8-9,14H,6-7,10-12H2,(H,23,25). The Balaban J connectivity index is 1.51. The fraction of sp³-hybridized carbons (Fsp3) is 0.316. The lowest BCUT2D eigenvalue weighted by atomic mass is 10.0. The molecule has 1 N–H and O–H groups in total. The van der Waals surface area contributed by atoms with E-state index in [2.05, 4.69) is 10.3 Å². The molecule has 1 aromatic heterocycles. The number of carbonyl (C=O) groups excluding carboxylic acids is 2. The van der Waals surface area contributed by atoms with E-state index in [1.165, 1.54) is 12.1 Å². The van der Waals surface area contributed by atoms with E-state index in [-0.39, 0.29) is 34.9 Å². The molecule has 136 valence electrons. The van der Waals surface area contributed by atoms with E-state index in [4.69, 9.17) is 11.6 Å². The summed E-state index contributed by atoms with van der Waals surface area (Å²) < 4.78 is 13.8. The molecule has 2 amide bonds. The average molecular weight is 376 g/mol. The van der Waals surface area contributed by atoms with E-state index in [1.54, 1.807) is 35.5 Å². The molecule has 3 rings (SSSR count). The number of hydrogen-bond donors (Lipinski definition) is 1. The first-order valence-corrected chi connectivity index (χ1v) is 8.84. The fourth-order valence-electron chi connectivity index (χ4n) is 3.04. The summed E-state index contributed by atoms with van der Waals surface area (Å²) in [5.41, 5.74) is 0.814. The molecule has 0 spiro atoms. The van der Waals surface area contributed by atoms with Gasteiger partial charge in [-0.15, -0.1) is 0 Å². The van der Waals surface area contributed by atoms with Crippen molar-refractivity contribution in [1.82, 2.24) is 15.2 Å². The number of aromatic nitrogens is 1. The first-order valence-electron chi connectivity index (χ1n) is 8.46. The van der Waals surface area contributed by atoms with Crippen LogP contribution >= 0.6 is 11.6 Å². The number of hydrogen-bond acceptors (Lipinski definition) is 3. The van der Waals surface area contributed by atoms with E-state index in [0.717, 1.165) is 0 Å². The Morgan fingerprint density at radius 2 is 1.88 bits per heavy atom. The minimum absolute atomic E-state index is 0.0321. The van der Waals surface area contributed by atoms with Gasteiger partial charge in [0.05, 0.1) is 6.42 Å². The van der Waals surface area contributed by atoms with Crippen molar-refractivity contribution < 1.29 is 14.0 Å². The second kappa shape index (κ2) is 8.27. The molecule has 1 aliphatic rings. The maximum absolute atomic E-state index is 13.8. The third-order valence-corrected chi connectivity index (χ3v) is 4.83. The summed E-state index contributed by atoms with van der Waals surface area (Å²) in [5, 5.41) is 3.16. The number of rotatable bonds is 4. The smallest absolute Gasteiger partial charge is 0.253 e. The first kappa shape index (κ1) is 18.3. The van der Waals surface area contributed by atoms with Gasteiger partial charge in [-0.3, -0.25) is 14.6 Å². The molecule has 26 heavy (non-hydrogen) atoms. The average Bonchev–Trinajstić information content (AvgIpc) is 2.66. The summed E-state index contributed by atoms with van der Waals surface area (Å²) in [4.78, 5) is 30.3. The summed E-state index contributed by atoms with van der Waals surface area (Å²) in [7, 11) is 0. The Bertz CT molecular complexity index is 772. The van der Waals surface area contributed by atoms with Crippen LogP contribution in [0.4, 0.5) is 4.39 Å². The highest BCUT2D eigenvalue weighted by Crippen LogP contribution is 2.20. The van der Waals surface area contributed by atoms with Gasteiger partial charge in [-0.1, -0.05) is 17.7 Å². The Labute approximate surface area is 156 Å². The SMILES string of the molecule is O=C(Cc1c(F)cccc1Cl)NC1CCN(C(=O)c2ccncc2)CC1. The van der Waals surface area contributed by atoms with Gasteiger partial charge in [-0.05, 0) is 37.1 Å². The second-order valence-corrected chi connectivity index (χ2v) is 6.65. The molecule has 5 nitrogen and oxygen atoms in total. The van der Waals surface area contributed by atoms with Crippen LogP contribution in [0.15, 0.2) is 42.7 Å². The monoisotopic (exact) mass is 375 g/mol. The van der Waals surface area contributed by atoms with Gasteiger partial charge in [0.1, 0.15) is 5.82 Å². The molecule has 0 saturated carbocycles. The maximum atomic E-state index is 13.8. The van der Waals surface area contributed by atoms with Crippen molar-refractivity contribution in [2.75, 3.05) is 13.1 Å². The molecule has 0 unspecified atom stereocenters. The van der Waals surface area contributed by atoms with Crippen LogP contribution in [0.5, 0.6) is 0 Å². The third-order valence-electron chi connectivity index (χ3n) is 4.47. The Kier molecular flexibility index (Phi) is 5.83. The van der Waals surface area contributed by atoms with Gasteiger partial charge < -0.3 is 10.2 Å². The van der Waals surface area contributed by atoms with Crippen molar-refractivity contribution in [3.8, 4) is 0 Å². The second-order valence-electron chi connectivity index (χ2n) is 6.25. The van der Waals surface area contributed by atoms with Crippen molar-refractivity contribution in [1.29, 1.82) is 0 Å². The van der Waals surface area contributed by atoms with Crippen molar-refractivity contribution in [2.45, 2.75) is 25.3 Å². The normalized spacial score (nSPS) is 14.9. The lowest BCUT2D eigenvalue weighted by Gasteiger charge is -2.32. The lowest BCUT2D eigenvalue weighted by molar-refractivity contribution is -0.121. The summed E-state index contributed by atoms with van der Waals surface area (Å²) in [6.45, 7) is 1.12. The number of amides is 2. The Morgan fingerprint density at radius 3 is 2.54 bits per heavy atom. The molecule has 0 atom stereocenters. The van der Waals surface area contributed by atoms with Gasteiger partial charge in [0.25, 0.3) is 5.91 Å². The van der Waals surface area contributed by atoms with Gasteiger partial charge in [0.2, 0.25) is 5.91 Å². The quantitative estimate of drug-likeness (QED) is 0.893. The summed E-state index contributed by atoms with van der Waals surface area (Å²) >= 11 is 5.96. The van der Waals surface area contributed by atoms with E-state index in [0.29, 0.717) is 31.5 Å². The minimum Gasteiger partial charge on any atom is -0.353 e. The number of nitrogens with one attached hydrogen (secondary N) is 1. The number of nitrogens with zero attached hydrogens (tertiary/aromatic N) is 2. The highest BCUT2D eigenvalue weighted by atomic mass is 35.5. The zero-order chi connectivity index (χ0) is 18.5. The maximum Gasteiger partial charge on any atom is 0.253 e. The van der Waals surface area contributed by atoms with Gasteiger partial charge in [-0.25, -0.2) is 4.39 Å². The lowest BCUT2D eigenvalue weighted by Crippen LogP contribution is -2.47. The summed E-state index contributed by atoms with van der Waals surface area (Å²) in [6.07, 6.45) is 4.41. The number of halogens is 2. The third kappa shape index (κ3) is 4.38. The molecule has 7 heteroatoms. The van der Waals surface area contributed by atoms with E-state index >= 15 is 0 Å². The number of benzene rings is 1. The van der Waals surface area contributed by atoms with Crippen molar-refractivity contribution >= 4 is 23.4 Å². The zero-order valence-corrected chi connectivity index (χ0v) is 14.9. The Hall–Kier alpha value is -2.47. The summed E-state index contributed by atoms with van der Waals surface area (Å²) in [6, 6.07) is 7.71. The van der Waals surface area contributed by atoms with Gasteiger partial charge in [-0.2, -0.15) is 0 Å². The van der Waals surface area contributed by atoms with Gasteiger partial charge >= 0.3 is 0 Å². The highest BCUT2D eigenvalue weighted by Gasteiger charge is 2.25. The topological polar surface area (TPSA) is 62.3 Å². The number of pyridine rings is 1. The van der Waals surface area contributed by atoms with Gasteiger partial charge in [0.15, 0.2) is 0 Å². The first-order chi connectivity index (χ1) is 12.5. The highest BCUT2D eigenvalue weighted by molar-refractivity contribution is 6.31. The van der Waals surface area contributed by atoms with E-state index < -0.39 is 5.82 Å². The molecule has 2 aromatic rings. The molecule has 0 aliphatic carbocycles. The molecule has 1 aliphatic heterocycles. The van der Waals surface area contributed by atoms with E-state index in [9.17, 15) is 14.0 Å². The molecule has 1 saturated heterocycles. The Morgan fingerprint density at radius 1 is 1.19 bits per heavy atom. The summed E-state index contributed by atoms with van der Waals surface area (Å²) in [5.74, 6) is -0.781. The molecular weight excluding hydrogens is 357 g/mol. The molecular formula is C19H19ClFN3O2.